The molecule has 0 spiro atoms. The summed E-state index contributed by atoms with van der Waals surface area (Å²) in [6.45, 7) is 3.39. The maximum atomic E-state index is 11.9. The summed E-state index contributed by atoms with van der Waals surface area (Å²) in [6.07, 6.45) is 32.1. The minimum Gasteiger partial charge on any atom is -0.388 e. The molecule has 0 saturated heterocycles. The number of aliphatic hydroxyl groups excluding tert-OH is 1. The topological polar surface area (TPSA) is 85.2 Å². The van der Waals surface area contributed by atoms with Gasteiger partial charge in [0, 0.05) is 6.61 Å². The Bertz CT molecular complexity index is 601. The summed E-state index contributed by atoms with van der Waals surface area (Å²) in [5, 5.41) is 9.91. The molecule has 0 aliphatic heterocycles. The van der Waals surface area contributed by atoms with Crippen LogP contribution in [-0.4, -0.2) is 74.7 Å². The van der Waals surface area contributed by atoms with Gasteiger partial charge in [-0.05, 0) is 6.42 Å². The molecule has 0 heterocycles. The number of phosphoric ester groups is 1. The largest absolute Gasteiger partial charge is 0.472 e. The predicted octanol–water partition coefficient (Wildman–Crippen LogP) is 9.59. The molecular formula is C34H73NO6P+. The fourth-order valence-electron chi connectivity index (χ4n) is 5.08. The van der Waals surface area contributed by atoms with Crippen LogP contribution in [0.25, 0.3) is 0 Å². The number of ether oxygens (including phenoxy) is 1. The number of aliphatic hydroxyl groups is 1. The molecule has 0 aliphatic rings. The Morgan fingerprint density at radius 1 is 0.548 bits per heavy atom. The maximum absolute atomic E-state index is 11.9. The quantitative estimate of drug-likeness (QED) is 0.0422. The van der Waals surface area contributed by atoms with Crippen molar-refractivity contribution in [3.05, 3.63) is 0 Å². The molecule has 42 heavy (non-hydrogen) atoms. The third kappa shape index (κ3) is 34.5. The average molecular weight is 623 g/mol. The fraction of sp³-hybridized carbons (Fsp3) is 1.00. The lowest BCUT2D eigenvalue weighted by Gasteiger charge is -2.24. The molecular weight excluding hydrogens is 549 g/mol. The van der Waals surface area contributed by atoms with Crippen LogP contribution < -0.4 is 0 Å². The van der Waals surface area contributed by atoms with Gasteiger partial charge in [0.15, 0.2) is 0 Å². The highest BCUT2D eigenvalue weighted by Gasteiger charge is 2.24. The molecule has 0 aromatic carbocycles. The van der Waals surface area contributed by atoms with Gasteiger partial charge in [0.2, 0.25) is 0 Å². The van der Waals surface area contributed by atoms with Crippen LogP contribution in [0.5, 0.6) is 0 Å². The van der Waals surface area contributed by atoms with Crippen LogP contribution in [-0.2, 0) is 18.3 Å². The van der Waals surface area contributed by atoms with Crippen LogP contribution in [0.3, 0.4) is 0 Å². The van der Waals surface area contributed by atoms with E-state index in [1.165, 1.54) is 141 Å². The lowest BCUT2D eigenvalue weighted by molar-refractivity contribution is -0.870. The number of likely N-dealkylation sites (N-methyl/N-ethyl adjacent to an activating group) is 1. The summed E-state index contributed by atoms with van der Waals surface area (Å²) in [6, 6.07) is 0. The van der Waals surface area contributed by atoms with E-state index in [0.29, 0.717) is 17.6 Å². The second-order valence-corrected chi connectivity index (χ2v) is 14.9. The molecule has 0 aromatic rings. The lowest BCUT2D eigenvalue weighted by Crippen LogP contribution is -2.37. The minimum atomic E-state index is -4.14. The number of hydrogen-bond donors (Lipinski definition) is 2. The van der Waals surface area contributed by atoms with Crippen molar-refractivity contribution in [1.82, 2.24) is 0 Å². The van der Waals surface area contributed by atoms with Gasteiger partial charge in [-0.25, -0.2) is 4.57 Å². The van der Waals surface area contributed by atoms with E-state index >= 15 is 0 Å². The van der Waals surface area contributed by atoms with Crippen LogP contribution in [0.4, 0.5) is 0 Å². The van der Waals surface area contributed by atoms with Gasteiger partial charge < -0.3 is 19.2 Å². The van der Waals surface area contributed by atoms with Gasteiger partial charge in [0.05, 0.1) is 34.4 Å². The van der Waals surface area contributed by atoms with Gasteiger partial charge in [0.25, 0.3) is 0 Å². The van der Waals surface area contributed by atoms with Crippen LogP contribution in [0.1, 0.15) is 161 Å². The maximum Gasteiger partial charge on any atom is 0.472 e. The summed E-state index contributed by atoms with van der Waals surface area (Å²) >= 11 is 0. The zero-order valence-electron chi connectivity index (χ0n) is 28.5. The Balaban J connectivity index is 3.27. The van der Waals surface area contributed by atoms with E-state index in [4.69, 9.17) is 13.8 Å². The Morgan fingerprint density at radius 3 is 1.26 bits per heavy atom. The number of hydrogen-bond acceptors (Lipinski definition) is 5. The smallest absolute Gasteiger partial charge is 0.388 e. The average Bonchev–Trinajstić information content (AvgIpc) is 2.93. The van der Waals surface area contributed by atoms with E-state index in [-0.39, 0.29) is 19.8 Å². The number of rotatable bonds is 34. The SMILES string of the molecule is CCCCCCCCCCCCCCCCCCCCCCCCCCOCC(O)COP(=O)(O)OCC[N+](C)(C)C. The van der Waals surface area contributed by atoms with Crippen molar-refractivity contribution in [2.24, 2.45) is 0 Å². The molecule has 0 rings (SSSR count). The molecule has 254 valence electrons. The van der Waals surface area contributed by atoms with Gasteiger partial charge in [-0.3, -0.25) is 9.05 Å². The highest BCUT2D eigenvalue weighted by molar-refractivity contribution is 7.47. The monoisotopic (exact) mass is 623 g/mol. The summed E-state index contributed by atoms with van der Waals surface area (Å²) in [7, 11) is 1.76. The van der Waals surface area contributed by atoms with E-state index in [1.807, 2.05) is 21.1 Å². The lowest BCUT2D eigenvalue weighted by atomic mass is 10.0. The standard InChI is InChI=1S/C34H72NO6P/c1-5-6-7-8-9-10-11-12-13-14-15-16-17-18-19-20-21-22-23-24-25-26-27-28-30-39-32-34(36)33-41-42(37,38)40-31-29-35(2,3)4/h34,36H,5-33H2,1-4H3/p+1. The van der Waals surface area contributed by atoms with Crippen molar-refractivity contribution in [1.29, 1.82) is 0 Å². The molecule has 0 aromatic heterocycles. The van der Waals surface area contributed by atoms with E-state index in [2.05, 4.69) is 6.92 Å². The number of quaternary nitrogens is 1. The third-order valence-electron chi connectivity index (χ3n) is 7.90. The first-order valence-corrected chi connectivity index (χ1v) is 19.3. The van der Waals surface area contributed by atoms with Gasteiger partial charge in [-0.1, -0.05) is 155 Å². The number of phosphoric acid groups is 1. The zero-order chi connectivity index (χ0) is 31.2. The van der Waals surface area contributed by atoms with Gasteiger partial charge in [-0.2, -0.15) is 0 Å². The first-order valence-electron chi connectivity index (χ1n) is 17.8. The van der Waals surface area contributed by atoms with Crippen LogP contribution in [0, 0.1) is 0 Å². The van der Waals surface area contributed by atoms with Gasteiger partial charge in [0.1, 0.15) is 19.3 Å². The molecule has 8 heteroatoms. The second kappa shape index (κ2) is 29.7. The summed E-state index contributed by atoms with van der Waals surface area (Å²) in [5.74, 6) is 0. The van der Waals surface area contributed by atoms with Crippen molar-refractivity contribution < 1.29 is 32.8 Å². The normalized spacial score (nSPS) is 14.3. The molecule has 0 radical (unpaired) electrons. The summed E-state index contributed by atoms with van der Waals surface area (Å²) in [4.78, 5) is 9.68. The van der Waals surface area contributed by atoms with E-state index in [1.54, 1.807) is 0 Å². The van der Waals surface area contributed by atoms with Crippen molar-refractivity contribution >= 4 is 7.82 Å². The van der Waals surface area contributed by atoms with E-state index in [0.717, 1.165) is 12.8 Å². The van der Waals surface area contributed by atoms with Gasteiger partial charge >= 0.3 is 7.82 Å². The van der Waals surface area contributed by atoms with Crippen molar-refractivity contribution in [3.8, 4) is 0 Å². The zero-order valence-corrected chi connectivity index (χ0v) is 29.4. The first-order chi connectivity index (χ1) is 20.2. The molecule has 0 fully saturated rings. The first kappa shape index (κ1) is 42.0. The molecule has 0 bridgehead atoms. The Morgan fingerprint density at radius 2 is 0.905 bits per heavy atom. The molecule has 0 aliphatic carbocycles. The van der Waals surface area contributed by atoms with Crippen molar-refractivity contribution in [3.63, 3.8) is 0 Å². The molecule has 0 amide bonds. The molecule has 2 N–H and O–H groups in total. The third-order valence-corrected chi connectivity index (χ3v) is 8.88. The molecule has 7 nitrogen and oxygen atoms in total. The number of nitrogens with zero attached hydrogens (tertiary/aromatic N) is 1. The Hall–Kier alpha value is -0.0100. The summed E-state index contributed by atoms with van der Waals surface area (Å²) < 4.78 is 27.8. The molecule has 2 unspecified atom stereocenters. The number of unbranched alkanes of at least 4 members (excludes halogenated alkanes) is 23. The molecule has 2 atom stereocenters. The Labute approximate surface area is 261 Å². The van der Waals surface area contributed by atoms with Gasteiger partial charge in [-0.15, -0.1) is 0 Å². The predicted molar refractivity (Wildman–Crippen MR) is 178 cm³/mol. The molecule has 0 saturated carbocycles. The minimum absolute atomic E-state index is 0.0955. The van der Waals surface area contributed by atoms with E-state index in [9.17, 15) is 14.6 Å². The Kier molecular flexibility index (Phi) is 29.7. The van der Waals surface area contributed by atoms with Crippen LogP contribution in [0.15, 0.2) is 0 Å². The van der Waals surface area contributed by atoms with Crippen LogP contribution in [0.2, 0.25) is 0 Å². The fourth-order valence-corrected chi connectivity index (χ4v) is 5.83. The van der Waals surface area contributed by atoms with Crippen LogP contribution >= 0.6 is 7.82 Å². The summed E-state index contributed by atoms with van der Waals surface area (Å²) in [5.41, 5.74) is 0. The van der Waals surface area contributed by atoms with Crippen molar-refractivity contribution in [2.45, 2.75) is 167 Å². The van der Waals surface area contributed by atoms with E-state index < -0.39 is 13.9 Å². The second-order valence-electron chi connectivity index (χ2n) is 13.5. The van der Waals surface area contributed by atoms with Crippen molar-refractivity contribution in [2.75, 3.05) is 54.1 Å². The highest BCUT2D eigenvalue weighted by atomic mass is 31.2. The highest BCUT2D eigenvalue weighted by Crippen LogP contribution is 2.43.